The Balaban J connectivity index is 1.62. The molecule has 2 amide bonds. The molecule has 0 radical (unpaired) electrons. The van der Waals surface area contributed by atoms with Gasteiger partial charge < -0.3 is 15.6 Å². The first-order valence-corrected chi connectivity index (χ1v) is 10.2. The molecule has 1 atom stereocenters. The maximum atomic E-state index is 13.2. The lowest BCUT2D eigenvalue weighted by Gasteiger charge is -2.16. The van der Waals surface area contributed by atoms with Gasteiger partial charge in [0.25, 0.3) is 17.7 Å². The fourth-order valence-electron chi connectivity index (χ4n) is 3.44. The molecule has 3 N–H and O–H groups in total. The second-order valence-electron chi connectivity index (χ2n) is 7.40. The quantitative estimate of drug-likeness (QED) is 0.401. The first kappa shape index (κ1) is 21.7. The summed E-state index contributed by atoms with van der Waals surface area (Å²) in [6.45, 7) is 1.60. The van der Waals surface area contributed by atoms with Gasteiger partial charge in [0.05, 0.1) is 11.4 Å². The molecule has 0 saturated carbocycles. The molecule has 2 aromatic carbocycles. The van der Waals surface area contributed by atoms with Gasteiger partial charge in [-0.05, 0) is 18.6 Å². The number of nitrogens with two attached hydrogens (primary N) is 1. The monoisotopic (exact) mass is 443 g/mol. The van der Waals surface area contributed by atoms with Crippen LogP contribution in [0, 0.1) is 6.92 Å². The van der Waals surface area contributed by atoms with Crippen molar-refractivity contribution in [1.82, 2.24) is 20.3 Å². The fourth-order valence-corrected chi connectivity index (χ4v) is 3.44. The zero-order valence-corrected chi connectivity index (χ0v) is 17.8. The Labute approximate surface area is 189 Å². The highest BCUT2D eigenvalue weighted by Crippen LogP contribution is 2.22. The summed E-state index contributed by atoms with van der Waals surface area (Å²) in [4.78, 5) is 37.1. The number of nitrogens with one attached hydrogen (secondary N) is 1. The topological polar surface area (TPSA) is 133 Å². The molecule has 9 nitrogen and oxygen atoms in total. The van der Waals surface area contributed by atoms with Gasteiger partial charge in [-0.2, -0.15) is 5.10 Å². The van der Waals surface area contributed by atoms with Crippen molar-refractivity contribution in [2.45, 2.75) is 19.4 Å². The van der Waals surface area contributed by atoms with Crippen LogP contribution in [0.4, 0.5) is 0 Å². The Kier molecular flexibility index (Phi) is 6.12. The molecular weight excluding hydrogens is 422 g/mol. The molecule has 0 aliphatic rings. The van der Waals surface area contributed by atoms with Crippen molar-refractivity contribution in [3.63, 3.8) is 0 Å². The number of amides is 2. The zero-order chi connectivity index (χ0) is 23.4. The lowest BCUT2D eigenvalue weighted by molar-refractivity contribution is -0.137. The van der Waals surface area contributed by atoms with E-state index >= 15 is 0 Å². The van der Waals surface area contributed by atoms with Crippen molar-refractivity contribution in [2.75, 3.05) is 0 Å². The number of ketones is 1. The third-order valence-electron chi connectivity index (χ3n) is 5.09. The van der Waals surface area contributed by atoms with E-state index in [0.717, 1.165) is 11.1 Å². The molecule has 0 aliphatic carbocycles. The van der Waals surface area contributed by atoms with E-state index in [1.165, 1.54) is 4.68 Å². The SMILES string of the molecule is Cc1noc(-n2ccc(-c3ccccc3)n2)c1C(=O)NC(Cc1ccccc1)C(=O)C(N)=O. The summed E-state index contributed by atoms with van der Waals surface area (Å²) in [5.41, 5.74) is 7.97. The van der Waals surface area contributed by atoms with Crippen LogP contribution in [-0.2, 0) is 16.0 Å². The van der Waals surface area contributed by atoms with Crippen LogP contribution in [0.25, 0.3) is 17.1 Å². The molecule has 9 heteroatoms. The van der Waals surface area contributed by atoms with Crippen molar-refractivity contribution in [1.29, 1.82) is 0 Å². The Morgan fingerprint density at radius 1 is 1.03 bits per heavy atom. The second kappa shape index (κ2) is 9.31. The Bertz CT molecular complexity index is 1290. The number of aryl methyl sites for hydroxylation is 1. The van der Waals surface area contributed by atoms with Crippen LogP contribution < -0.4 is 11.1 Å². The molecule has 0 bridgehead atoms. The minimum atomic E-state index is -1.14. The van der Waals surface area contributed by atoms with Crippen LogP contribution in [0.15, 0.2) is 77.4 Å². The summed E-state index contributed by atoms with van der Waals surface area (Å²) in [6, 6.07) is 19.2. The minimum Gasteiger partial charge on any atom is -0.363 e. The second-order valence-corrected chi connectivity index (χ2v) is 7.40. The highest BCUT2D eigenvalue weighted by atomic mass is 16.5. The summed E-state index contributed by atoms with van der Waals surface area (Å²) in [7, 11) is 0. The van der Waals surface area contributed by atoms with Crippen molar-refractivity contribution in [3.8, 4) is 17.1 Å². The predicted octanol–water partition coefficient (Wildman–Crippen LogP) is 2.23. The van der Waals surface area contributed by atoms with Gasteiger partial charge in [-0.1, -0.05) is 65.8 Å². The lowest BCUT2D eigenvalue weighted by atomic mass is 10.0. The van der Waals surface area contributed by atoms with E-state index in [2.05, 4.69) is 15.6 Å². The number of hydrogen-bond acceptors (Lipinski definition) is 6. The van der Waals surface area contributed by atoms with Crippen molar-refractivity contribution in [2.24, 2.45) is 5.73 Å². The largest absolute Gasteiger partial charge is 0.363 e. The molecular formula is C24H21N5O4. The van der Waals surface area contributed by atoms with Gasteiger partial charge in [-0.3, -0.25) is 14.4 Å². The zero-order valence-electron chi connectivity index (χ0n) is 17.8. The van der Waals surface area contributed by atoms with Gasteiger partial charge in [0.15, 0.2) is 0 Å². The third-order valence-corrected chi connectivity index (χ3v) is 5.09. The number of Topliss-reactive ketones (excluding diaryl/α,β-unsaturated/α-hetero) is 1. The molecule has 1 unspecified atom stereocenters. The Morgan fingerprint density at radius 2 is 1.70 bits per heavy atom. The van der Waals surface area contributed by atoms with E-state index in [-0.39, 0.29) is 17.9 Å². The van der Waals surface area contributed by atoms with E-state index in [0.29, 0.717) is 11.4 Å². The fraction of sp³-hybridized carbons (Fsp3) is 0.125. The van der Waals surface area contributed by atoms with Gasteiger partial charge in [-0.15, -0.1) is 0 Å². The highest BCUT2D eigenvalue weighted by Gasteiger charge is 2.29. The lowest BCUT2D eigenvalue weighted by Crippen LogP contribution is -2.47. The summed E-state index contributed by atoms with van der Waals surface area (Å²) in [5, 5.41) is 11.0. The normalized spacial score (nSPS) is 11.7. The van der Waals surface area contributed by atoms with Gasteiger partial charge in [0, 0.05) is 18.2 Å². The molecule has 4 rings (SSSR count). The first-order valence-electron chi connectivity index (χ1n) is 10.2. The average molecular weight is 443 g/mol. The number of aromatic nitrogens is 3. The van der Waals surface area contributed by atoms with E-state index in [1.807, 2.05) is 36.4 Å². The van der Waals surface area contributed by atoms with Gasteiger partial charge >= 0.3 is 0 Å². The van der Waals surface area contributed by atoms with E-state index in [4.69, 9.17) is 10.3 Å². The number of hydrogen-bond donors (Lipinski definition) is 2. The molecule has 2 aromatic heterocycles. The molecule has 166 valence electrons. The molecule has 2 heterocycles. The maximum absolute atomic E-state index is 13.2. The van der Waals surface area contributed by atoms with E-state index in [9.17, 15) is 14.4 Å². The van der Waals surface area contributed by atoms with Crippen LogP contribution in [0.2, 0.25) is 0 Å². The van der Waals surface area contributed by atoms with Crippen LogP contribution >= 0.6 is 0 Å². The number of carbonyl (C=O) groups excluding carboxylic acids is 3. The van der Waals surface area contributed by atoms with Gasteiger partial charge in [0.1, 0.15) is 11.6 Å². The summed E-state index contributed by atoms with van der Waals surface area (Å²) >= 11 is 0. The average Bonchev–Trinajstić information content (AvgIpc) is 3.46. The number of carbonyl (C=O) groups is 3. The van der Waals surface area contributed by atoms with Crippen molar-refractivity contribution < 1.29 is 18.9 Å². The molecule has 0 aliphatic heterocycles. The molecule has 0 fully saturated rings. The first-order chi connectivity index (χ1) is 15.9. The number of benzene rings is 2. The van der Waals surface area contributed by atoms with E-state index < -0.39 is 23.6 Å². The third kappa shape index (κ3) is 4.72. The molecule has 0 saturated heterocycles. The molecule has 33 heavy (non-hydrogen) atoms. The highest BCUT2D eigenvalue weighted by molar-refractivity contribution is 6.38. The molecule has 4 aromatic rings. The smallest absolute Gasteiger partial charge is 0.287 e. The Hall–Kier alpha value is -4.53. The summed E-state index contributed by atoms with van der Waals surface area (Å²) in [6.07, 6.45) is 1.75. The van der Waals surface area contributed by atoms with Crippen LogP contribution in [0.5, 0.6) is 0 Å². The van der Waals surface area contributed by atoms with Crippen molar-refractivity contribution >= 4 is 17.6 Å². The predicted molar refractivity (Wildman–Crippen MR) is 119 cm³/mol. The van der Waals surface area contributed by atoms with Gasteiger partial charge in [-0.25, -0.2) is 4.68 Å². The number of primary amides is 1. The number of rotatable bonds is 8. The van der Waals surface area contributed by atoms with Crippen LogP contribution in [0.3, 0.4) is 0 Å². The maximum Gasteiger partial charge on any atom is 0.287 e. The van der Waals surface area contributed by atoms with Crippen LogP contribution in [-0.4, -0.2) is 38.6 Å². The Morgan fingerprint density at radius 3 is 2.36 bits per heavy atom. The summed E-state index contributed by atoms with van der Waals surface area (Å²) in [5.74, 6) is -2.56. The number of nitrogens with zero attached hydrogens (tertiary/aromatic N) is 3. The minimum absolute atomic E-state index is 0.0946. The summed E-state index contributed by atoms with van der Waals surface area (Å²) < 4.78 is 6.77. The standard InChI is InChI=1S/C24H21N5O4/c1-15-20(23(32)26-19(21(30)22(25)31)14-16-8-4-2-5-9-16)24(33-28-15)29-13-12-18(27-29)17-10-6-3-7-11-17/h2-13,19H,14H2,1H3,(H2,25,31)(H,26,32). The van der Waals surface area contributed by atoms with Crippen molar-refractivity contribution in [3.05, 3.63) is 89.7 Å². The van der Waals surface area contributed by atoms with Gasteiger partial charge in [0.2, 0.25) is 5.78 Å². The van der Waals surface area contributed by atoms with E-state index in [1.54, 1.807) is 43.5 Å². The molecule has 0 spiro atoms. The van der Waals surface area contributed by atoms with Crippen LogP contribution in [0.1, 0.15) is 21.6 Å².